The van der Waals surface area contributed by atoms with Crippen LogP contribution in [-0.2, 0) is 12.8 Å². The minimum atomic E-state index is -0.311. The summed E-state index contributed by atoms with van der Waals surface area (Å²) < 4.78 is 0. The number of anilines is 1. The second-order valence-electron chi connectivity index (χ2n) is 7.24. The maximum absolute atomic E-state index is 12.9. The summed E-state index contributed by atoms with van der Waals surface area (Å²) in [5.74, 6) is -0.311. The van der Waals surface area contributed by atoms with Crippen molar-refractivity contribution in [3.8, 4) is 11.1 Å². The van der Waals surface area contributed by atoms with Gasteiger partial charge < -0.3 is 0 Å². The summed E-state index contributed by atoms with van der Waals surface area (Å²) in [6.07, 6.45) is 5.52. The number of H-pyrrole nitrogens is 1. The number of hydrogen-bond acceptors (Lipinski definition) is 5. The van der Waals surface area contributed by atoms with Gasteiger partial charge in [-0.05, 0) is 57.2 Å². The molecule has 1 aliphatic carbocycles. The monoisotopic (exact) mass is 428 g/mol. The molecular weight excluding hydrogens is 408 g/mol. The van der Waals surface area contributed by atoms with Gasteiger partial charge in [0.05, 0.1) is 22.0 Å². The standard InChI is InChI=1S/C21H21ClN4O2S/c1-11-18(12(2)25-26-19(11)27)13-8-9-15(22)14(10-13)20(28)24-21-23-16-6-4-3-5-7-17(16)29-21/h8-10H,3-7H2,1-2H3,(H,26,27)(H,23,24,28). The van der Waals surface area contributed by atoms with Crippen LogP contribution in [0.4, 0.5) is 5.13 Å². The van der Waals surface area contributed by atoms with E-state index in [2.05, 4.69) is 20.5 Å². The molecule has 0 fully saturated rings. The predicted molar refractivity (Wildman–Crippen MR) is 116 cm³/mol. The van der Waals surface area contributed by atoms with Crippen molar-refractivity contribution in [2.75, 3.05) is 5.32 Å². The Morgan fingerprint density at radius 1 is 1.21 bits per heavy atom. The first-order valence-corrected chi connectivity index (χ1v) is 10.8. The molecule has 8 heteroatoms. The molecule has 6 nitrogen and oxygen atoms in total. The van der Waals surface area contributed by atoms with Gasteiger partial charge in [0.15, 0.2) is 5.13 Å². The highest BCUT2D eigenvalue weighted by molar-refractivity contribution is 7.15. The quantitative estimate of drug-likeness (QED) is 0.592. The Balaban J connectivity index is 1.66. The smallest absolute Gasteiger partial charge is 0.267 e. The summed E-state index contributed by atoms with van der Waals surface area (Å²) in [5.41, 5.74) is 3.85. The number of nitrogens with one attached hydrogen (secondary N) is 2. The van der Waals surface area contributed by atoms with Gasteiger partial charge in [0.2, 0.25) is 0 Å². The van der Waals surface area contributed by atoms with E-state index in [1.807, 2.05) is 6.92 Å². The molecule has 0 atom stereocenters. The second-order valence-corrected chi connectivity index (χ2v) is 8.73. The van der Waals surface area contributed by atoms with Crippen molar-refractivity contribution in [1.29, 1.82) is 0 Å². The number of halogens is 1. The zero-order valence-corrected chi connectivity index (χ0v) is 17.8. The zero-order valence-electron chi connectivity index (χ0n) is 16.3. The number of rotatable bonds is 3. The number of nitrogens with zero attached hydrogens (tertiary/aromatic N) is 2. The van der Waals surface area contributed by atoms with Crippen LogP contribution in [0.2, 0.25) is 5.02 Å². The van der Waals surface area contributed by atoms with Crippen LogP contribution < -0.4 is 10.9 Å². The van der Waals surface area contributed by atoms with Crippen molar-refractivity contribution in [2.45, 2.75) is 46.0 Å². The van der Waals surface area contributed by atoms with Crippen molar-refractivity contribution in [3.63, 3.8) is 0 Å². The molecule has 0 saturated heterocycles. The number of carbonyl (C=O) groups is 1. The van der Waals surface area contributed by atoms with Crippen LogP contribution in [0.15, 0.2) is 23.0 Å². The number of benzene rings is 1. The molecule has 150 valence electrons. The van der Waals surface area contributed by atoms with Gasteiger partial charge in [-0.15, -0.1) is 11.3 Å². The molecule has 2 N–H and O–H groups in total. The summed E-state index contributed by atoms with van der Waals surface area (Å²) in [5, 5.41) is 10.4. The van der Waals surface area contributed by atoms with Crippen LogP contribution in [-0.4, -0.2) is 21.1 Å². The Kier molecular flexibility index (Phi) is 5.52. The first-order valence-electron chi connectivity index (χ1n) is 9.60. The van der Waals surface area contributed by atoms with Gasteiger partial charge in [0, 0.05) is 16.0 Å². The molecule has 0 radical (unpaired) electrons. The molecular formula is C21H21ClN4O2S. The van der Waals surface area contributed by atoms with Crippen molar-refractivity contribution < 1.29 is 4.79 Å². The highest BCUT2D eigenvalue weighted by atomic mass is 35.5. The number of aromatic amines is 1. The molecule has 0 saturated carbocycles. The molecule has 29 heavy (non-hydrogen) atoms. The van der Waals surface area contributed by atoms with Crippen LogP contribution in [0.5, 0.6) is 0 Å². The van der Waals surface area contributed by atoms with E-state index in [4.69, 9.17) is 11.6 Å². The van der Waals surface area contributed by atoms with Crippen molar-refractivity contribution in [1.82, 2.24) is 15.2 Å². The first-order chi connectivity index (χ1) is 13.9. The molecule has 4 rings (SSSR count). The number of carbonyl (C=O) groups excluding carboxylic acids is 1. The van der Waals surface area contributed by atoms with Gasteiger partial charge in [0.25, 0.3) is 11.5 Å². The third-order valence-electron chi connectivity index (χ3n) is 5.22. The van der Waals surface area contributed by atoms with E-state index < -0.39 is 0 Å². The second kappa shape index (κ2) is 8.08. The predicted octanol–water partition coefficient (Wildman–Crippen LogP) is 4.68. The van der Waals surface area contributed by atoms with Gasteiger partial charge in [-0.2, -0.15) is 5.10 Å². The van der Waals surface area contributed by atoms with Crippen molar-refractivity contribution in [3.05, 3.63) is 61.0 Å². The number of thiazole rings is 1. The first kappa shape index (κ1) is 19.8. The van der Waals surface area contributed by atoms with Crippen LogP contribution in [0.1, 0.15) is 51.4 Å². The molecule has 3 aromatic rings. The lowest BCUT2D eigenvalue weighted by Crippen LogP contribution is -2.15. The number of aryl methyl sites for hydroxylation is 3. The normalized spacial score (nSPS) is 13.6. The fourth-order valence-corrected chi connectivity index (χ4v) is 4.93. The van der Waals surface area contributed by atoms with E-state index in [1.54, 1.807) is 36.5 Å². The third-order valence-corrected chi connectivity index (χ3v) is 6.62. The number of fused-ring (bicyclic) bond motifs is 1. The van der Waals surface area contributed by atoms with E-state index in [9.17, 15) is 9.59 Å². The van der Waals surface area contributed by atoms with Gasteiger partial charge in [-0.25, -0.2) is 10.1 Å². The molecule has 0 unspecified atom stereocenters. The fourth-order valence-electron chi connectivity index (χ4n) is 3.69. The van der Waals surface area contributed by atoms with E-state index in [0.717, 1.165) is 30.5 Å². The molecule has 2 heterocycles. The lowest BCUT2D eigenvalue weighted by Gasteiger charge is -2.11. The Hall–Kier alpha value is -2.51. The van der Waals surface area contributed by atoms with Crippen molar-refractivity contribution >= 4 is 34.0 Å². The molecule has 0 spiro atoms. The molecule has 1 aliphatic rings. The van der Waals surface area contributed by atoms with E-state index in [0.29, 0.717) is 32.5 Å². The van der Waals surface area contributed by atoms with Crippen LogP contribution in [0.25, 0.3) is 11.1 Å². The maximum Gasteiger partial charge on any atom is 0.267 e. The fraction of sp³-hybridized carbons (Fsp3) is 0.333. The molecule has 2 aromatic heterocycles. The summed E-state index contributed by atoms with van der Waals surface area (Å²) in [6.45, 7) is 3.55. The SMILES string of the molecule is Cc1n[nH]c(=O)c(C)c1-c1ccc(Cl)c(C(=O)Nc2nc3c(s2)CCCCC3)c1. The zero-order chi connectivity index (χ0) is 20.5. The largest absolute Gasteiger partial charge is 0.298 e. The molecule has 0 aliphatic heterocycles. The summed E-state index contributed by atoms with van der Waals surface area (Å²) in [6, 6.07) is 5.16. The Morgan fingerprint density at radius 3 is 2.83 bits per heavy atom. The van der Waals surface area contributed by atoms with Crippen LogP contribution in [0, 0.1) is 13.8 Å². The Bertz CT molecular complexity index is 1130. The van der Waals surface area contributed by atoms with E-state index >= 15 is 0 Å². The highest BCUT2D eigenvalue weighted by Crippen LogP contribution is 2.31. The maximum atomic E-state index is 12.9. The van der Waals surface area contributed by atoms with E-state index in [-0.39, 0.29) is 11.5 Å². The Morgan fingerprint density at radius 2 is 2.00 bits per heavy atom. The number of aromatic nitrogens is 3. The van der Waals surface area contributed by atoms with Gasteiger partial charge in [0.1, 0.15) is 0 Å². The van der Waals surface area contributed by atoms with E-state index in [1.165, 1.54) is 17.7 Å². The average Bonchev–Trinajstić information content (AvgIpc) is 2.94. The minimum absolute atomic E-state index is 0.254. The topological polar surface area (TPSA) is 87.7 Å². The molecule has 1 amide bonds. The summed E-state index contributed by atoms with van der Waals surface area (Å²) >= 11 is 7.86. The molecule has 1 aromatic carbocycles. The van der Waals surface area contributed by atoms with Gasteiger partial charge >= 0.3 is 0 Å². The van der Waals surface area contributed by atoms with Gasteiger partial charge in [-0.3, -0.25) is 14.9 Å². The lowest BCUT2D eigenvalue weighted by atomic mass is 9.98. The van der Waals surface area contributed by atoms with Crippen LogP contribution >= 0.6 is 22.9 Å². The minimum Gasteiger partial charge on any atom is -0.298 e. The third kappa shape index (κ3) is 3.97. The van der Waals surface area contributed by atoms with Gasteiger partial charge in [-0.1, -0.05) is 24.1 Å². The lowest BCUT2D eigenvalue weighted by molar-refractivity contribution is 0.102. The summed E-state index contributed by atoms with van der Waals surface area (Å²) in [4.78, 5) is 30.8. The van der Waals surface area contributed by atoms with Crippen LogP contribution in [0.3, 0.4) is 0 Å². The molecule has 0 bridgehead atoms. The number of amides is 1. The summed E-state index contributed by atoms with van der Waals surface area (Å²) in [7, 11) is 0. The Labute approximate surface area is 177 Å². The number of hydrogen-bond donors (Lipinski definition) is 2. The average molecular weight is 429 g/mol. The highest BCUT2D eigenvalue weighted by Gasteiger charge is 2.19. The van der Waals surface area contributed by atoms with Crippen molar-refractivity contribution in [2.24, 2.45) is 0 Å².